The van der Waals surface area contributed by atoms with Crippen LogP contribution in [-0.4, -0.2) is 9.13 Å². The van der Waals surface area contributed by atoms with Crippen molar-refractivity contribution in [3.8, 4) is 33.6 Å². The molecule has 0 atom stereocenters. The first-order valence-corrected chi connectivity index (χ1v) is 17.4. The van der Waals surface area contributed by atoms with E-state index in [4.69, 9.17) is 4.42 Å². The zero-order chi connectivity index (χ0) is 33.5. The summed E-state index contributed by atoms with van der Waals surface area (Å²) in [6, 6.07) is 65.7. The van der Waals surface area contributed by atoms with Crippen molar-refractivity contribution in [2.45, 2.75) is 0 Å². The Morgan fingerprint density at radius 1 is 0.314 bits per heavy atom. The summed E-state index contributed by atoms with van der Waals surface area (Å²) in [5, 5.41) is 7.25. The summed E-state index contributed by atoms with van der Waals surface area (Å²) in [4.78, 5) is 0. The first-order valence-electron chi connectivity index (χ1n) is 17.4. The molecule has 0 aliphatic carbocycles. The molecule has 3 heteroatoms. The van der Waals surface area contributed by atoms with E-state index in [1.807, 2.05) is 12.1 Å². The number of nitrogens with zero attached hydrogens (tertiary/aromatic N) is 2. The molecule has 0 fully saturated rings. The third kappa shape index (κ3) is 4.12. The first kappa shape index (κ1) is 28.0. The second-order valence-electron chi connectivity index (χ2n) is 13.3. The van der Waals surface area contributed by atoms with Crippen LogP contribution in [0.1, 0.15) is 0 Å². The second-order valence-corrected chi connectivity index (χ2v) is 13.3. The summed E-state index contributed by atoms with van der Waals surface area (Å²) in [6.45, 7) is 0. The van der Waals surface area contributed by atoms with Crippen LogP contribution in [-0.2, 0) is 0 Å². The molecule has 11 rings (SSSR count). The van der Waals surface area contributed by atoms with Gasteiger partial charge in [-0.15, -0.1) is 0 Å². The average molecular weight is 651 g/mol. The Morgan fingerprint density at radius 2 is 0.804 bits per heavy atom. The molecule has 0 aliphatic rings. The lowest BCUT2D eigenvalue weighted by Gasteiger charge is -2.19. The lowest BCUT2D eigenvalue weighted by molar-refractivity contribution is 0.669. The van der Waals surface area contributed by atoms with Gasteiger partial charge in [-0.2, -0.15) is 0 Å². The van der Waals surface area contributed by atoms with Crippen LogP contribution < -0.4 is 0 Å². The van der Waals surface area contributed by atoms with E-state index in [0.29, 0.717) is 0 Å². The maximum absolute atomic E-state index is 6.21. The Kier molecular flexibility index (Phi) is 5.96. The highest BCUT2D eigenvalue weighted by Gasteiger charge is 2.20. The largest absolute Gasteiger partial charge is 0.456 e. The molecule has 0 bridgehead atoms. The van der Waals surface area contributed by atoms with Crippen molar-refractivity contribution in [1.29, 1.82) is 0 Å². The van der Waals surface area contributed by atoms with Crippen LogP contribution in [0.2, 0.25) is 0 Å². The minimum Gasteiger partial charge on any atom is -0.456 e. The van der Waals surface area contributed by atoms with Crippen molar-refractivity contribution < 1.29 is 4.42 Å². The van der Waals surface area contributed by atoms with E-state index in [1.54, 1.807) is 0 Å². The Bertz CT molecular complexity index is 3050. The summed E-state index contributed by atoms with van der Waals surface area (Å²) in [5.74, 6) is 0. The Hall–Kier alpha value is -6.84. The Morgan fingerprint density at radius 3 is 1.43 bits per heavy atom. The molecule has 8 aromatic carbocycles. The van der Waals surface area contributed by atoms with Gasteiger partial charge in [-0.3, -0.25) is 0 Å². The zero-order valence-corrected chi connectivity index (χ0v) is 27.6. The summed E-state index contributed by atoms with van der Waals surface area (Å²) < 4.78 is 11.1. The van der Waals surface area contributed by atoms with Gasteiger partial charge in [0.1, 0.15) is 11.2 Å². The van der Waals surface area contributed by atoms with Crippen molar-refractivity contribution in [2.24, 2.45) is 0 Å². The monoisotopic (exact) mass is 650 g/mol. The van der Waals surface area contributed by atoms with Crippen molar-refractivity contribution in [3.05, 3.63) is 182 Å². The molecule has 11 aromatic rings. The Labute approximate surface area is 293 Å². The number of hydrogen-bond acceptors (Lipinski definition) is 1. The average Bonchev–Trinajstić information content (AvgIpc) is 3.85. The molecule has 3 heterocycles. The molecule has 0 saturated heterocycles. The minimum absolute atomic E-state index is 0.902. The third-order valence-electron chi connectivity index (χ3n) is 10.5. The lowest BCUT2D eigenvalue weighted by Crippen LogP contribution is -2.02. The van der Waals surface area contributed by atoms with E-state index < -0.39 is 0 Å². The van der Waals surface area contributed by atoms with Gasteiger partial charge < -0.3 is 13.6 Å². The quantitative estimate of drug-likeness (QED) is 0.186. The minimum atomic E-state index is 0.902. The van der Waals surface area contributed by atoms with Gasteiger partial charge in [0.25, 0.3) is 0 Å². The molecule has 238 valence electrons. The summed E-state index contributed by atoms with van der Waals surface area (Å²) in [7, 11) is 0. The molecule has 3 aromatic heterocycles. The predicted octanol–water partition coefficient (Wildman–Crippen LogP) is 13.1. The molecule has 0 aliphatic heterocycles. The number of fused-ring (bicyclic) bond motifs is 9. The number of hydrogen-bond donors (Lipinski definition) is 0. The van der Waals surface area contributed by atoms with E-state index in [0.717, 1.165) is 38.9 Å². The topological polar surface area (TPSA) is 23.0 Å². The summed E-state index contributed by atoms with van der Waals surface area (Å²) in [6.07, 6.45) is 0. The van der Waals surface area contributed by atoms with E-state index in [1.165, 1.54) is 60.3 Å². The highest BCUT2D eigenvalue weighted by atomic mass is 16.3. The highest BCUT2D eigenvalue weighted by molar-refractivity contribution is 6.12. The third-order valence-corrected chi connectivity index (χ3v) is 10.5. The molecular formula is C48H30N2O. The lowest BCUT2D eigenvalue weighted by atomic mass is 9.92. The summed E-state index contributed by atoms with van der Waals surface area (Å²) in [5.41, 5.74) is 13.5. The van der Waals surface area contributed by atoms with Crippen LogP contribution in [0, 0.1) is 0 Å². The van der Waals surface area contributed by atoms with Gasteiger partial charge in [0.05, 0.1) is 27.8 Å². The van der Waals surface area contributed by atoms with Gasteiger partial charge in [-0.1, -0.05) is 127 Å². The molecule has 0 radical (unpaired) electrons. The smallest absolute Gasteiger partial charge is 0.135 e. The van der Waals surface area contributed by atoms with Gasteiger partial charge >= 0.3 is 0 Å². The van der Waals surface area contributed by atoms with Crippen LogP contribution in [0.15, 0.2) is 186 Å². The second kappa shape index (κ2) is 10.8. The number of furan rings is 1. The van der Waals surface area contributed by atoms with Crippen LogP contribution in [0.4, 0.5) is 0 Å². The van der Waals surface area contributed by atoms with Crippen molar-refractivity contribution in [2.75, 3.05) is 0 Å². The number of rotatable bonds is 4. The molecule has 0 unspecified atom stereocenters. The van der Waals surface area contributed by atoms with E-state index >= 15 is 0 Å². The maximum atomic E-state index is 6.21. The van der Waals surface area contributed by atoms with E-state index in [9.17, 15) is 0 Å². The van der Waals surface area contributed by atoms with Gasteiger partial charge in [0.15, 0.2) is 0 Å². The molecule has 0 amide bonds. The molecule has 0 N–H and O–H groups in total. The van der Waals surface area contributed by atoms with Crippen molar-refractivity contribution >= 4 is 65.6 Å². The molecule has 51 heavy (non-hydrogen) atoms. The van der Waals surface area contributed by atoms with Crippen LogP contribution in [0.25, 0.3) is 99.2 Å². The number of aromatic nitrogens is 2. The Balaban J connectivity index is 1.22. The highest BCUT2D eigenvalue weighted by Crippen LogP contribution is 2.42. The maximum Gasteiger partial charge on any atom is 0.135 e. The number of benzene rings is 8. The standard InChI is InChI=1S/C48H30N2O/c1-2-14-34(33(13-1)31-25-28-48-41(29-31)40-19-7-12-24-47(40)51-48)39-27-26-32(49-42-20-8-3-15-35(42)36-16-4-9-21-43(36)49)30-46(39)50-44-22-10-5-17-37(44)38-18-6-11-23-45(38)50/h1-30H. The van der Waals surface area contributed by atoms with Crippen molar-refractivity contribution in [3.63, 3.8) is 0 Å². The fraction of sp³-hybridized carbons (Fsp3) is 0. The molecular weight excluding hydrogens is 621 g/mol. The summed E-state index contributed by atoms with van der Waals surface area (Å²) >= 11 is 0. The molecule has 0 spiro atoms. The van der Waals surface area contributed by atoms with Crippen LogP contribution >= 0.6 is 0 Å². The fourth-order valence-corrected chi connectivity index (χ4v) is 8.32. The van der Waals surface area contributed by atoms with Gasteiger partial charge in [0, 0.05) is 43.6 Å². The SMILES string of the molecule is c1ccc(-c2ccc(-n3c4ccccc4c4ccccc43)cc2-n2c3ccccc3c3ccccc32)c(-c2ccc3oc4ccccc4c3c2)c1. The molecule has 3 nitrogen and oxygen atoms in total. The van der Waals surface area contributed by atoms with Gasteiger partial charge in [0.2, 0.25) is 0 Å². The van der Waals surface area contributed by atoms with E-state index in [-0.39, 0.29) is 0 Å². The van der Waals surface area contributed by atoms with Gasteiger partial charge in [-0.05, 0) is 71.3 Å². The van der Waals surface area contributed by atoms with E-state index in [2.05, 4.69) is 179 Å². The van der Waals surface area contributed by atoms with Crippen molar-refractivity contribution in [1.82, 2.24) is 9.13 Å². The van der Waals surface area contributed by atoms with Crippen LogP contribution in [0.3, 0.4) is 0 Å². The normalized spacial score (nSPS) is 11.9. The predicted molar refractivity (Wildman–Crippen MR) is 213 cm³/mol. The number of para-hydroxylation sites is 5. The first-order chi connectivity index (χ1) is 25.3. The fourth-order valence-electron chi connectivity index (χ4n) is 8.32. The molecule has 0 saturated carbocycles. The van der Waals surface area contributed by atoms with Gasteiger partial charge in [-0.25, -0.2) is 0 Å². The van der Waals surface area contributed by atoms with Crippen LogP contribution in [0.5, 0.6) is 0 Å². The zero-order valence-electron chi connectivity index (χ0n) is 27.6.